The van der Waals surface area contributed by atoms with E-state index in [9.17, 15) is 0 Å². The molecule has 690 valence electrons. The van der Waals surface area contributed by atoms with Crippen molar-refractivity contribution in [2.45, 2.75) is 118 Å². The van der Waals surface area contributed by atoms with Crippen molar-refractivity contribution in [1.29, 1.82) is 0 Å². The Hall–Kier alpha value is -15.7. The number of fused-ring (bicyclic) bond motifs is 5. The van der Waals surface area contributed by atoms with Gasteiger partial charge in [0, 0.05) is 109 Å². The van der Waals surface area contributed by atoms with Gasteiger partial charge in [0.1, 0.15) is 0 Å². The van der Waals surface area contributed by atoms with E-state index in [1.54, 1.807) is 24.8 Å². The molecule has 21 aromatic rings. The average molecular weight is 1890 g/mol. The van der Waals surface area contributed by atoms with Gasteiger partial charge in [0.2, 0.25) is 0 Å². The first kappa shape index (κ1) is 104. The van der Waals surface area contributed by atoms with Crippen LogP contribution in [0.15, 0.2) is 432 Å². The molecule has 9 aromatic heterocycles. The Morgan fingerprint density at radius 3 is 0.594 bits per heavy atom. The molecule has 0 saturated heterocycles. The minimum Gasteiger partial charge on any atom is -0.344 e. The molecule has 0 radical (unpaired) electrons. The van der Waals surface area contributed by atoms with E-state index in [-0.39, 0.29) is 19.5 Å². The summed E-state index contributed by atoms with van der Waals surface area (Å²) in [5, 5.41) is 8.22. The van der Waals surface area contributed by atoms with Crippen molar-refractivity contribution in [2.75, 3.05) is 0 Å². The molecule has 138 heavy (non-hydrogen) atoms. The van der Waals surface area contributed by atoms with Gasteiger partial charge < -0.3 is 4.57 Å². The van der Waals surface area contributed by atoms with Crippen molar-refractivity contribution in [3.8, 4) is 68.5 Å². The van der Waals surface area contributed by atoms with Gasteiger partial charge in [-0.3, -0.25) is 39.9 Å². The van der Waals surface area contributed by atoms with Gasteiger partial charge >= 0.3 is 0 Å². The summed E-state index contributed by atoms with van der Waals surface area (Å²) < 4.78 is 2.27. The molecular formula is C128H125N9Ru. The Kier molecular flexibility index (Phi) is 41.3. The second kappa shape index (κ2) is 54.6. The Labute approximate surface area is 831 Å². The van der Waals surface area contributed by atoms with E-state index in [0.717, 1.165) is 56.7 Å². The first-order chi connectivity index (χ1) is 66.4. The quantitative estimate of drug-likeness (QED) is 0.0953. The molecule has 0 unspecified atom stereocenters. The molecule has 0 bridgehead atoms. The topological polar surface area (TPSA) is 108 Å². The van der Waals surface area contributed by atoms with E-state index in [1.165, 1.54) is 149 Å². The molecule has 12 aromatic carbocycles. The van der Waals surface area contributed by atoms with Gasteiger partial charge in [0.25, 0.3) is 0 Å². The number of hydrogen-bond acceptors (Lipinski definition) is 8. The number of hydrogen-bond donors (Lipinski definition) is 0. The van der Waals surface area contributed by atoms with E-state index in [4.69, 9.17) is 0 Å². The van der Waals surface area contributed by atoms with E-state index < -0.39 is 0 Å². The summed E-state index contributed by atoms with van der Waals surface area (Å²) in [6, 6.07) is 131. The molecule has 0 amide bonds. The van der Waals surface area contributed by atoms with Crippen LogP contribution in [-0.4, -0.2) is 44.4 Å². The van der Waals surface area contributed by atoms with Crippen molar-refractivity contribution in [3.63, 3.8) is 0 Å². The Morgan fingerprint density at radius 1 is 0.174 bits per heavy atom. The average Bonchev–Trinajstić information content (AvgIpc) is 0.941. The minimum atomic E-state index is 0. The third-order valence-electron chi connectivity index (χ3n) is 22.4. The van der Waals surface area contributed by atoms with Gasteiger partial charge in [-0.1, -0.05) is 334 Å². The number of rotatable bonds is 5. The van der Waals surface area contributed by atoms with Crippen LogP contribution in [0.1, 0.15) is 106 Å². The van der Waals surface area contributed by atoms with Crippen LogP contribution in [0, 0.1) is 130 Å². The van der Waals surface area contributed by atoms with Gasteiger partial charge in [-0.25, -0.2) is 0 Å². The smallest absolute Gasteiger partial charge is 0.0886 e. The normalized spacial score (nSPS) is 9.99. The van der Waals surface area contributed by atoms with Gasteiger partial charge in [-0.2, -0.15) is 0 Å². The van der Waals surface area contributed by atoms with Gasteiger partial charge in [-0.15, -0.1) is 0 Å². The number of aryl methyl sites for hydroxylation is 18. The first-order valence-electron chi connectivity index (χ1n) is 46.4. The predicted molar refractivity (Wildman–Crippen MR) is 582 cm³/mol. The first-order valence-corrected chi connectivity index (χ1v) is 46.4. The van der Waals surface area contributed by atoms with E-state index >= 15 is 0 Å². The molecule has 21 rings (SSSR count). The Bertz CT molecular complexity index is 6460. The Balaban J connectivity index is 0.000000158. The number of benzene rings is 12. The summed E-state index contributed by atoms with van der Waals surface area (Å²) in [6.45, 7) is 35.7. The summed E-state index contributed by atoms with van der Waals surface area (Å²) in [4.78, 5) is 34.0. The molecule has 0 aliphatic carbocycles. The SMILES string of the molecule is Cc1c2ccccc2c(C)c2ccccc12.Cc1ccc(-c2ccc(C)cc2)cc1.Cc1ccc(-c2ccc(C)cn2)nc1.Cc1ccc(-c2ccc(C)cn2)nc1.Cc1ccc(C#Cc2ccc(C)cc2)cc1.Cc1ccc(C)cc1.Cc1ccc(C)cc1.Cc1ccc2c(c1)c1cc(C)ccc1n2C.Cc1ccccc1.[Ru].c1ccc(-c2ccccn2)nc1.c1ccc(-c2ccccn2)nc1. The monoisotopic (exact) mass is 1890 g/mol. The molecule has 0 aliphatic heterocycles. The van der Waals surface area contributed by atoms with Crippen LogP contribution in [0.25, 0.3) is 100 Å². The molecule has 0 aliphatic rings. The number of aromatic nitrogens is 9. The van der Waals surface area contributed by atoms with E-state index in [0.29, 0.717) is 0 Å². The zero-order chi connectivity index (χ0) is 97.2. The molecule has 0 atom stereocenters. The fourth-order valence-corrected chi connectivity index (χ4v) is 14.3. The Morgan fingerprint density at radius 2 is 0.377 bits per heavy atom. The van der Waals surface area contributed by atoms with Crippen LogP contribution in [0.4, 0.5) is 0 Å². The van der Waals surface area contributed by atoms with Crippen molar-refractivity contribution in [1.82, 2.24) is 44.4 Å². The minimum absolute atomic E-state index is 0. The van der Waals surface area contributed by atoms with Crippen molar-refractivity contribution < 1.29 is 19.5 Å². The predicted octanol–water partition coefficient (Wildman–Crippen LogP) is 32.6. The summed E-state index contributed by atoms with van der Waals surface area (Å²) in [5.74, 6) is 6.32. The maximum atomic E-state index is 4.32. The summed E-state index contributed by atoms with van der Waals surface area (Å²) >= 11 is 0. The van der Waals surface area contributed by atoms with Crippen LogP contribution in [0.2, 0.25) is 0 Å². The third kappa shape index (κ3) is 33.8. The molecule has 0 spiro atoms. The maximum Gasteiger partial charge on any atom is 0.0886 e. The van der Waals surface area contributed by atoms with Gasteiger partial charge in [0.15, 0.2) is 0 Å². The van der Waals surface area contributed by atoms with Crippen molar-refractivity contribution in [3.05, 3.63) is 537 Å². The zero-order valence-electron chi connectivity index (χ0n) is 82.9. The second-order valence-corrected chi connectivity index (χ2v) is 34.4. The molecule has 0 saturated carbocycles. The number of nitrogens with zero attached hydrogens (tertiary/aromatic N) is 9. The summed E-state index contributed by atoms with van der Waals surface area (Å²) in [6.07, 6.45) is 14.5. The van der Waals surface area contributed by atoms with Gasteiger partial charge in [0.05, 0.1) is 45.6 Å². The standard InChI is InChI=1S/2C16H14.C15H15N.C14H14.2C12H12N2.2C10H8N2.2C8H10.C7H8.Ru/c1-11-13-7-3-5-9-15(13)12(2)16-10-6-4-8-14(11)16;1-13-3-7-15(8-4-13)11-12-16-9-5-14(2)6-10-16;1-10-4-6-14-12(8-10)13-9-11(2)5-7-15(13)16(14)3;1-11-3-7-13(8-4-11)14-9-5-12(2)6-10-14;2*1-9-3-5-11(13-7-9)12-6-4-10(2)8-14-12;2*1-3-7-11-9(5-1)10-6-2-4-8-12-10;2*1-7-3-5-8(2)6-4-7;1-7-5-3-2-4-6-7;/h2*3-10H,1-2H3;4-9H,1-3H3;3-10H,1-2H3;2*3-8H,1-2H3;2*1-8H;2*3-6H,1-2H3;2-6H,1H3;. The van der Waals surface area contributed by atoms with Crippen LogP contribution >= 0.6 is 0 Å². The molecule has 0 N–H and O–H groups in total. The molecular weight excluding hydrogens is 1760 g/mol. The number of pyridine rings is 8. The van der Waals surface area contributed by atoms with E-state index in [1.807, 2.05) is 192 Å². The van der Waals surface area contributed by atoms with Gasteiger partial charge in [-0.05, 0) is 305 Å². The largest absolute Gasteiger partial charge is 0.344 e. The van der Waals surface area contributed by atoms with E-state index in [2.05, 4.69) is 396 Å². The van der Waals surface area contributed by atoms with Crippen LogP contribution in [0.3, 0.4) is 0 Å². The molecule has 0 fully saturated rings. The molecule has 10 heteroatoms. The maximum absolute atomic E-state index is 4.32. The summed E-state index contributed by atoms with van der Waals surface area (Å²) in [7, 11) is 2.13. The molecule has 9 nitrogen and oxygen atoms in total. The second-order valence-electron chi connectivity index (χ2n) is 34.4. The summed E-state index contributed by atoms with van der Waals surface area (Å²) in [5.41, 5.74) is 36.6. The van der Waals surface area contributed by atoms with Crippen molar-refractivity contribution in [2.24, 2.45) is 7.05 Å². The van der Waals surface area contributed by atoms with Crippen LogP contribution in [-0.2, 0) is 26.5 Å². The van der Waals surface area contributed by atoms with Crippen LogP contribution in [0.5, 0.6) is 0 Å². The fourth-order valence-electron chi connectivity index (χ4n) is 14.3. The van der Waals surface area contributed by atoms with Crippen LogP contribution < -0.4 is 0 Å². The fraction of sp³-hybridized carbons (Fsp3) is 0.141. The van der Waals surface area contributed by atoms with Crippen molar-refractivity contribution >= 4 is 43.4 Å². The third-order valence-corrected chi connectivity index (χ3v) is 22.4. The molecule has 9 heterocycles. The zero-order valence-corrected chi connectivity index (χ0v) is 84.6.